The third kappa shape index (κ3) is 3.63. The molecule has 1 saturated heterocycles. The van der Waals surface area contributed by atoms with Crippen molar-refractivity contribution in [3.8, 4) is 0 Å². The summed E-state index contributed by atoms with van der Waals surface area (Å²) in [7, 11) is 0. The number of hydrogen-bond acceptors (Lipinski definition) is 4. The lowest BCUT2D eigenvalue weighted by atomic mass is 10.1. The molecule has 2 aliphatic rings. The highest BCUT2D eigenvalue weighted by molar-refractivity contribution is 6.00. The first-order valence-electron chi connectivity index (χ1n) is 10.00. The van der Waals surface area contributed by atoms with E-state index in [1.165, 1.54) is 5.56 Å². The quantitative estimate of drug-likeness (QED) is 0.802. The minimum atomic E-state index is 0.0955. The Morgan fingerprint density at radius 3 is 2.71 bits per heavy atom. The van der Waals surface area contributed by atoms with Crippen molar-refractivity contribution < 1.29 is 9.59 Å². The molecule has 2 aromatic rings. The molecule has 6 heteroatoms. The predicted octanol–water partition coefficient (Wildman–Crippen LogP) is 2.64. The van der Waals surface area contributed by atoms with Crippen LogP contribution in [0.25, 0.3) is 0 Å². The number of nitrogens with zero attached hydrogens (tertiary/aromatic N) is 4. The molecule has 0 N–H and O–H groups in total. The van der Waals surface area contributed by atoms with E-state index in [-0.39, 0.29) is 17.7 Å². The third-order valence-corrected chi connectivity index (χ3v) is 5.78. The van der Waals surface area contributed by atoms with Crippen molar-refractivity contribution in [3.05, 3.63) is 53.0 Å². The molecule has 1 unspecified atom stereocenters. The number of amides is 2. The summed E-state index contributed by atoms with van der Waals surface area (Å²) in [5.41, 5.74) is 3.12. The van der Waals surface area contributed by atoms with Gasteiger partial charge in [-0.15, -0.1) is 0 Å². The fraction of sp³-hybridized carbons (Fsp3) is 0.455. The topological polar surface area (TPSA) is 66.4 Å². The van der Waals surface area contributed by atoms with E-state index >= 15 is 0 Å². The van der Waals surface area contributed by atoms with Gasteiger partial charge in [-0.05, 0) is 31.7 Å². The number of aryl methyl sites for hydroxylation is 2. The summed E-state index contributed by atoms with van der Waals surface area (Å²) in [6.07, 6.45) is 3.10. The van der Waals surface area contributed by atoms with Crippen LogP contribution in [0.4, 0.5) is 5.82 Å². The van der Waals surface area contributed by atoms with E-state index in [0.29, 0.717) is 19.5 Å². The summed E-state index contributed by atoms with van der Waals surface area (Å²) < 4.78 is 0. The Hall–Kier alpha value is -2.76. The number of fused-ring (bicyclic) bond motifs is 1. The first-order valence-corrected chi connectivity index (χ1v) is 10.00. The van der Waals surface area contributed by atoms with Gasteiger partial charge in [0.2, 0.25) is 11.8 Å². The molecule has 2 aliphatic heterocycles. The van der Waals surface area contributed by atoms with E-state index in [1.54, 1.807) is 6.92 Å². The minimum absolute atomic E-state index is 0.0955. The van der Waals surface area contributed by atoms with E-state index in [9.17, 15) is 9.59 Å². The van der Waals surface area contributed by atoms with Gasteiger partial charge in [0, 0.05) is 43.7 Å². The second-order valence-corrected chi connectivity index (χ2v) is 7.73. The van der Waals surface area contributed by atoms with Crippen molar-refractivity contribution >= 4 is 17.6 Å². The lowest BCUT2D eigenvalue weighted by Crippen LogP contribution is -2.29. The average molecular weight is 378 g/mol. The Balaban J connectivity index is 1.50. The fourth-order valence-electron chi connectivity index (χ4n) is 4.15. The van der Waals surface area contributed by atoms with Gasteiger partial charge in [0.15, 0.2) is 0 Å². The molecular weight excluding hydrogens is 352 g/mol. The van der Waals surface area contributed by atoms with Gasteiger partial charge in [-0.2, -0.15) is 0 Å². The number of carbonyl (C=O) groups excluding carboxylic acids is 2. The highest BCUT2D eigenvalue weighted by atomic mass is 16.2. The second-order valence-electron chi connectivity index (χ2n) is 7.73. The normalized spacial score (nSPS) is 18.6. The van der Waals surface area contributed by atoms with Gasteiger partial charge in [-0.3, -0.25) is 14.5 Å². The summed E-state index contributed by atoms with van der Waals surface area (Å²) >= 11 is 0. The van der Waals surface area contributed by atoms with Crippen LogP contribution in [0, 0.1) is 6.92 Å². The average Bonchev–Trinajstić information content (AvgIpc) is 3.29. The SMILES string of the molecule is CC(=O)N1CCC(c2nc(C)c3c(n2)N(CCCc2ccccc2)C(=O)C3)C1. The van der Waals surface area contributed by atoms with Gasteiger partial charge >= 0.3 is 0 Å². The van der Waals surface area contributed by atoms with Crippen LogP contribution in [0.5, 0.6) is 0 Å². The number of anilines is 1. The van der Waals surface area contributed by atoms with Crippen LogP contribution in [-0.4, -0.2) is 46.3 Å². The van der Waals surface area contributed by atoms with E-state index in [0.717, 1.165) is 48.7 Å². The molecule has 1 fully saturated rings. The molecule has 0 spiro atoms. The fourth-order valence-corrected chi connectivity index (χ4v) is 4.15. The van der Waals surface area contributed by atoms with E-state index in [1.807, 2.05) is 34.9 Å². The lowest BCUT2D eigenvalue weighted by Gasteiger charge is -2.19. The zero-order chi connectivity index (χ0) is 19.7. The number of aromatic nitrogens is 2. The van der Waals surface area contributed by atoms with Gasteiger partial charge in [-0.25, -0.2) is 9.97 Å². The Bertz CT molecular complexity index is 897. The summed E-state index contributed by atoms with van der Waals surface area (Å²) in [4.78, 5) is 37.4. The first kappa shape index (κ1) is 18.6. The van der Waals surface area contributed by atoms with Crippen LogP contribution < -0.4 is 4.90 Å². The number of carbonyl (C=O) groups is 2. The number of likely N-dealkylation sites (tertiary alicyclic amines) is 1. The lowest BCUT2D eigenvalue weighted by molar-refractivity contribution is -0.127. The maximum atomic E-state index is 12.6. The summed E-state index contributed by atoms with van der Waals surface area (Å²) in [6.45, 7) is 5.64. The Morgan fingerprint density at radius 1 is 1.21 bits per heavy atom. The van der Waals surface area contributed by atoms with Crippen molar-refractivity contribution in [1.82, 2.24) is 14.9 Å². The molecule has 1 aromatic heterocycles. The highest BCUT2D eigenvalue weighted by Gasteiger charge is 2.34. The van der Waals surface area contributed by atoms with Crippen molar-refractivity contribution in [2.24, 2.45) is 0 Å². The minimum Gasteiger partial charge on any atom is -0.342 e. The van der Waals surface area contributed by atoms with E-state index in [4.69, 9.17) is 4.98 Å². The van der Waals surface area contributed by atoms with Crippen molar-refractivity contribution in [2.75, 3.05) is 24.5 Å². The van der Waals surface area contributed by atoms with Crippen LogP contribution >= 0.6 is 0 Å². The Kier molecular flexibility index (Phi) is 5.11. The molecule has 0 aliphatic carbocycles. The summed E-state index contributed by atoms with van der Waals surface area (Å²) in [6, 6.07) is 10.3. The van der Waals surface area contributed by atoms with E-state index in [2.05, 4.69) is 17.1 Å². The van der Waals surface area contributed by atoms with Crippen molar-refractivity contribution in [2.45, 2.75) is 45.4 Å². The van der Waals surface area contributed by atoms with E-state index < -0.39 is 0 Å². The van der Waals surface area contributed by atoms with Crippen LogP contribution in [0.1, 0.15) is 48.3 Å². The molecule has 0 radical (unpaired) electrons. The zero-order valence-corrected chi connectivity index (χ0v) is 16.5. The van der Waals surface area contributed by atoms with Crippen LogP contribution in [0.3, 0.4) is 0 Å². The van der Waals surface area contributed by atoms with Crippen LogP contribution in [0.15, 0.2) is 30.3 Å². The molecule has 2 amide bonds. The van der Waals surface area contributed by atoms with Gasteiger partial charge in [-0.1, -0.05) is 30.3 Å². The molecule has 28 heavy (non-hydrogen) atoms. The van der Waals surface area contributed by atoms with Gasteiger partial charge in [0.1, 0.15) is 11.6 Å². The summed E-state index contributed by atoms with van der Waals surface area (Å²) in [5, 5.41) is 0. The maximum absolute atomic E-state index is 12.6. The molecule has 1 aromatic carbocycles. The monoisotopic (exact) mass is 378 g/mol. The second kappa shape index (κ2) is 7.70. The largest absolute Gasteiger partial charge is 0.342 e. The van der Waals surface area contributed by atoms with Gasteiger partial charge in [0.25, 0.3) is 0 Å². The third-order valence-electron chi connectivity index (χ3n) is 5.78. The van der Waals surface area contributed by atoms with Crippen molar-refractivity contribution in [3.63, 3.8) is 0 Å². The van der Waals surface area contributed by atoms with Crippen molar-refractivity contribution in [1.29, 1.82) is 0 Å². The van der Waals surface area contributed by atoms with Crippen LogP contribution in [0.2, 0.25) is 0 Å². The summed E-state index contributed by atoms with van der Waals surface area (Å²) in [5.74, 6) is 1.90. The molecule has 6 nitrogen and oxygen atoms in total. The first-order chi connectivity index (χ1) is 13.5. The molecule has 0 bridgehead atoms. The molecule has 3 heterocycles. The Labute approximate surface area is 165 Å². The molecule has 146 valence electrons. The molecule has 1 atom stereocenters. The smallest absolute Gasteiger partial charge is 0.232 e. The number of rotatable bonds is 5. The maximum Gasteiger partial charge on any atom is 0.232 e. The predicted molar refractivity (Wildman–Crippen MR) is 107 cm³/mol. The van der Waals surface area contributed by atoms with Gasteiger partial charge < -0.3 is 4.90 Å². The number of benzene rings is 1. The number of hydrogen-bond donors (Lipinski definition) is 0. The standard InChI is InChI=1S/C22H26N4O2/c1-15-19-13-20(28)26(11-6-9-17-7-4-3-5-8-17)22(19)24-21(23-15)18-10-12-25(14-18)16(2)27/h3-5,7-8,18H,6,9-14H2,1-2H3. The highest BCUT2D eigenvalue weighted by Crippen LogP contribution is 2.33. The van der Waals surface area contributed by atoms with Crippen LogP contribution in [-0.2, 0) is 22.4 Å². The molecular formula is C22H26N4O2. The zero-order valence-electron chi connectivity index (χ0n) is 16.5. The Morgan fingerprint density at radius 2 is 2.00 bits per heavy atom. The van der Waals surface area contributed by atoms with Gasteiger partial charge in [0.05, 0.1) is 6.42 Å². The molecule has 4 rings (SSSR count). The molecule has 0 saturated carbocycles.